The van der Waals surface area contributed by atoms with Gasteiger partial charge in [-0.25, -0.2) is 9.69 Å². The number of rotatable bonds is 6. The van der Waals surface area contributed by atoms with Crippen molar-refractivity contribution in [2.24, 2.45) is 0 Å². The molecule has 3 heterocycles. The van der Waals surface area contributed by atoms with Gasteiger partial charge in [0.25, 0.3) is 5.91 Å². The molecule has 0 aliphatic carbocycles. The molecule has 190 valence electrons. The molecule has 1 unspecified atom stereocenters. The largest absolute Gasteiger partial charge is 0.496 e. The first kappa shape index (κ1) is 23.7. The number of methoxy groups -OCH3 is 1. The third-order valence-corrected chi connectivity index (χ3v) is 8.12. The summed E-state index contributed by atoms with van der Waals surface area (Å²) in [7, 11) is 1.59. The summed E-state index contributed by atoms with van der Waals surface area (Å²) in [4.78, 5) is 32.3. The number of anilines is 1. The summed E-state index contributed by atoms with van der Waals surface area (Å²) in [5.41, 5.74) is 2.46. The van der Waals surface area contributed by atoms with E-state index < -0.39 is 6.04 Å². The molecule has 2 N–H and O–H groups in total. The van der Waals surface area contributed by atoms with Crippen LogP contribution in [0.4, 0.5) is 10.5 Å². The fourth-order valence-electron chi connectivity index (χ4n) is 6.01. The number of piperazine rings is 1. The third kappa shape index (κ3) is 3.81. The summed E-state index contributed by atoms with van der Waals surface area (Å²) in [6.07, 6.45) is 1.47. The molecule has 0 aromatic heterocycles. The maximum absolute atomic E-state index is 13.7. The summed E-state index contributed by atoms with van der Waals surface area (Å²) < 4.78 is 5.36. The van der Waals surface area contributed by atoms with Gasteiger partial charge in [0.05, 0.1) is 31.5 Å². The molecule has 3 aromatic rings. The van der Waals surface area contributed by atoms with E-state index in [0.717, 1.165) is 34.7 Å². The normalized spacial score (nSPS) is 22.2. The molecule has 3 aliphatic rings. The van der Waals surface area contributed by atoms with Crippen LogP contribution >= 0.6 is 12.2 Å². The van der Waals surface area contributed by atoms with Crippen LogP contribution in [0, 0.1) is 0 Å². The first-order valence-corrected chi connectivity index (χ1v) is 12.9. The van der Waals surface area contributed by atoms with Gasteiger partial charge >= 0.3 is 6.03 Å². The summed E-state index contributed by atoms with van der Waals surface area (Å²) in [5.74, 6) is 0.483. The number of aliphatic hydroxyl groups excluding tert-OH is 1. The molecule has 0 saturated carbocycles. The summed E-state index contributed by atoms with van der Waals surface area (Å²) in [5, 5.41) is 15.2. The maximum atomic E-state index is 13.7. The molecule has 0 spiro atoms. The molecule has 8 nitrogen and oxygen atoms in total. The minimum absolute atomic E-state index is 0.0403. The Morgan fingerprint density at radius 1 is 1.14 bits per heavy atom. The highest BCUT2D eigenvalue weighted by Gasteiger charge is 2.62. The SMILES string of the molecule is COc1cc(CCNC(=S)N2C[C@H]3CC2[C@H]2C(=O)N(c4cccc5ccccc45)C(=O)N32)ccc1CO. The van der Waals surface area contributed by atoms with Crippen molar-refractivity contribution < 1.29 is 19.4 Å². The van der Waals surface area contributed by atoms with E-state index in [1.165, 1.54) is 4.90 Å². The molecule has 3 atom stereocenters. The topological polar surface area (TPSA) is 85.4 Å². The second kappa shape index (κ2) is 9.32. The van der Waals surface area contributed by atoms with E-state index >= 15 is 0 Å². The molecular formula is C28H28N4O4S. The van der Waals surface area contributed by atoms with Gasteiger partial charge in [-0.3, -0.25) is 4.79 Å². The van der Waals surface area contributed by atoms with Crippen LogP contribution in [0.3, 0.4) is 0 Å². The quantitative estimate of drug-likeness (QED) is 0.385. The van der Waals surface area contributed by atoms with E-state index in [0.29, 0.717) is 29.6 Å². The number of nitrogens with zero attached hydrogens (tertiary/aromatic N) is 3. The summed E-state index contributed by atoms with van der Waals surface area (Å²) in [6.45, 7) is 1.17. The standard InChI is InChI=1S/C28H28N4O4S/c1-36-24-13-17(9-10-19(24)16-33)11-12-29-27(37)30-15-20-14-23(30)25-26(34)32(28(35)31(20)25)22-8-4-6-18-5-2-3-7-21(18)22/h2-10,13,20,23,25,33H,11-12,14-16H2,1H3,(H,29,37)/t20-,23?,25+/m1/s1. The Balaban J connectivity index is 1.15. The fraction of sp³-hybridized carbons (Fsp3) is 0.321. The lowest BCUT2D eigenvalue weighted by molar-refractivity contribution is -0.120. The molecule has 3 fully saturated rings. The van der Waals surface area contributed by atoms with Crippen molar-refractivity contribution in [3.8, 4) is 5.75 Å². The monoisotopic (exact) mass is 516 g/mol. The lowest BCUT2D eigenvalue weighted by Crippen LogP contribution is -2.57. The summed E-state index contributed by atoms with van der Waals surface area (Å²) >= 11 is 5.72. The predicted octanol–water partition coefficient (Wildman–Crippen LogP) is 3.05. The average Bonchev–Trinajstić information content (AvgIpc) is 3.59. The first-order chi connectivity index (χ1) is 18.0. The number of benzene rings is 3. The van der Waals surface area contributed by atoms with Crippen LogP contribution < -0.4 is 15.0 Å². The Morgan fingerprint density at radius 3 is 2.76 bits per heavy atom. The van der Waals surface area contributed by atoms with E-state index in [4.69, 9.17) is 17.0 Å². The Hall–Kier alpha value is -3.69. The zero-order chi connectivity index (χ0) is 25.7. The van der Waals surface area contributed by atoms with Gasteiger partial charge in [-0.15, -0.1) is 0 Å². The lowest BCUT2D eigenvalue weighted by Gasteiger charge is -2.36. The number of thiocarbonyl (C=S) groups is 1. The van der Waals surface area contributed by atoms with E-state index in [9.17, 15) is 14.7 Å². The van der Waals surface area contributed by atoms with Gasteiger partial charge in [0.15, 0.2) is 5.11 Å². The Labute approximate surface area is 220 Å². The van der Waals surface area contributed by atoms with Crippen LogP contribution in [0.1, 0.15) is 17.5 Å². The number of amides is 3. The van der Waals surface area contributed by atoms with Gasteiger partial charge < -0.3 is 25.0 Å². The van der Waals surface area contributed by atoms with Crippen molar-refractivity contribution in [3.63, 3.8) is 0 Å². The Bertz CT molecular complexity index is 1410. The minimum Gasteiger partial charge on any atom is -0.496 e. The van der Waals surface area contributed by atoms with Gasteiger partial charge in [-0.2, -0.15) is 0 Å². The molecule has 9 heteroatoms. The number of aliphatic hydroxyl groups is 1. The van der Waals surface area contributed by atoms with E-state index in [2.05, 4.69) is 10.2 Å². The van der Waals surface area contributed by atoms with Gasteiger partial charge in [0.2, 0.25) is 0 Å². The number of imide groups is 1. The van der Waals surface area contributed by atoms with Crippen molar-refractivity contribution in [2.45, 2.75) is 37.6 Å². The van der Waals surface area contributed by atoms with Gasteiger partial charge in [0, 0.05) is 24.0 Å². The molecule has 3 aromatic carbocycles. The van der Waals surface area contributed by atoms with Gasteiger partial charge in [-0.1, -0.05) is 48.5 Å². The second-order valence-corrected chi connectivity index (χ2v) is 10.1. The highest BCUT2D eigenvalue weighted by molar-refractivity contribution is 7.80. The molecule has 6 rings (SSSR count). The maximum Gasteiger partial charge on any atom is 0.332 e. The number of urea groups is 1. The number of carbonyl (C=O) groups excluding carboxylic acids is 2. The predicted molar refractivity (Wildman–Crippen MR) is 145 cm³/mol. The van der Waals surface area contributed by atoms with E-state index in [1.807, 2.05) is 60.7 Å². The fourth-order valence-corrected chi connectivity index (χ4v) is 6.32. The first-order valence-electron chi connectivity index (χ1n) is 12.5. The molecule has 3 saturated heterocycles. The zero-order valence-corrected chi connectivity index (χ0v) is 21.3. The Kier molecular flexibility index (Phi) is 5.97. The van der Waals surface area contributed by atoms with Gasteiger partial charge in [0.1, 0.15) is 11.8 Å². The second-order valence-electron chi connectivity index (χ2n) is 9.70. The Morgan fingerprint density at radius 2 is 1.95 bits per heavy atom. The van der Waals surface area contributed by atoms with Crippen LogP contribution in [-0.4, -0.2) is 70.3 Å². The lowest BCUT2D eigenvalue weighted by atomic mass is 10.1. The number of nitrogens with one attached hydrogen (secondary N) is 1. The highest BCUT2D eigenvalue weighted by Crippen LogP contribution is 2.43. The number of hydrogen-bond acceptors (Lipinski definition) is 5. The van der Waals surface area contributed by atoms with Crippen molar-refractivity contribution in [3.05, 3.63) is 71.8 Å². The van der Waals surface area contributed by atoms with E-state index in [1.54, 1.807) is 12.0 Å². The minimum atomic E-state index is -0.528. The van der Waals surface area contributed by atoms with Crippen molar-refractivity contribution in [2.75, 3.05) is 25.1 Å². The van der Waals surface area contributed by atoms with E-state index in [-0.39, 0.29) is 30.6 Å². The van der Waals surface area contributed by atoms with Crippen LogP contribution in [0.2, 0.25) is 0 Å². The third-order valence-electron chi connectivity index (χ3n) is 7.74. The summed E-state index contributed by atoms with van der Waals surface area (Å²) in [6, 6.07) is 18.3. The van der Waals surface area contributed by atoms with Crippen molar-refractivity contribution >= 4 is 45.7 Å². The molecule has 0 radical (unpaired) electrons. The average molecular weight is 517 g/mol. The number of hydrogen-bond donors (Lipinski definition) is 2. The molecule has 3 aliphatic heterocycles. The molecule has 37 heavy (non-hydrogen) atoms. The van der Waals surface area contributed by atoms with Crippen LogP contribution in [0.5, 0.6) is 5.75 Å². The van der Waals surface area contributed by atoms with Crippen LogP contribution in [0.15, 0.2) is 60.7 Å². The van der Waals surface area contributed by atoms with Crippen molar-refractivity contribution in [1.29, 1.82) is 0 Å². The number of carbonyl (C=O) groups is 2. The molecule has 3 amide bonds. The van der Waals surface area contributed by atoms with Crippen LogP contribution in [-0.2, 0) is 17.8 Å². The smallest absolute Gasteiger partial charge is 0.332 e. The number of likely N-dealkylation sites (tertiary alicyclic amines) is 1. The number of ether oxygens (including phenoxy) is 1. The van der Waals surface area contributed by atoms with Crippen LogP contribution in [0.25, 0.3) is 10.8 Å². The highest BCUT2D eigenvalue weighted by atomic mass is 32.1. The number of fused-ring (bicyclic) bond motifs is 6. The zero-order valence-electron chi connectivity index (χ0n) is 20.5. The molecule has 2 bridgehead atoms. The molecular weight excluding hydrogens is 488 g/mol. The van der Waals surface area contributed by atoms with Gasteiger partial charge in [-0.05, 0) is 48.1 Å². The van der Waals surface area contributed by atoms with Crippen molar-refractivity contribution in [1.82, 2.24) is 15.1 Å².